The number of piperazine rings is 1. The fraction of sp³-hybridized carbons (Fsp3) is 0.333. The number of hydrogen-bond donors (Lipinski definition) is 2. The van der Waals surface area contributed by atoms with Gasteiger partial charge in [-0.3, -0.25) is 14.9 Å². The van der Waals surface area contributed by atoms with Crippen LogP contribution in [0.2, 0.25) is 0 Å². The molecule has 1 aromatic carbocycles. The maximum absolute atomic E-state index is 13.0. The van der Waals surface area contributed by atoms with E-state index in [1.165, 1.54) is 12.1 Å². The molecule has 2 N–H and O–H groups in total. The fourth-order valence-electron chi connectivity index (χ4n) is 2.60. The molecule has 2 aliphatic heterocycles. The van der Waals surface area contributed by atoms with Crippen LogP contribution in [0.4, 0.5) is 23.7 Å². The number of anilines is 1. The molecule has 0 spiro atoms. The van der Waals surface area contributed by atoms with Crippen LogP contribution in [0.25, 0.3) is 6.08 Å². The molecule has 1 aromatic rings. The van der Waals surface area contributed by atoms with Crippen LogP contribution in [0.3, 0.4) is 0 Å². The van der Waals surface area contributed by atoms with Crippen LogP contribution in [-0.2, 0) is 11.0 Å². The van der Waals surface area contributed by atoms with Gasteiger partial charge in [-0.1, -0.05) is 0 Å². The van der Waals surface area contributed by atoms with E-state index in [9.17, 15) is 22.8 Å². The molecule has 0 bridgehead atoms. The molecular formula is C15H14F3N3O2S. The first kappa shape index (κ1) is 16.8. The molecule has 24 heavy (non-hydrogen) atoms. The molecule has 128 valence electrons. The molecule has 2 aliphatic rings. The van der Waals surface area contributed by atoms with Crippen molar-refractivity contribution < 1.29 is 22.8 Å². The summed E-state index contributed by atoms with van der Waals surface area (Å²) in [7, 11) is 0. The average molecular weight is 357 g/mol. The van der Waals surface area contributed by atoms with Gasteiger partial charge >= 0.3 is 6.18 Å². The summed E-state index contributed by atoms with van der Waals surface area (Å²) in [5.41, 5.74) is 0.104. The Hall–Kier alpha value is -2.00. The largest absolute Gasteiger partial charge is 0.416 e. The Bertz CT molecular complexity index is 712. The molecule has 0 atom stereocenters. The number of amides is 2. The molecule has 2 saturated heterocycles. The number of carbonyl (C=O) groups excluding carboxylic acids is 2. The van der Waals surface area contributed by atoms with Crippen molar-refractivity contribution in [3.05, 3.63) is 34.2 Å². The Labute approximate surface area is 140 Å². The molecule has 0 aliphatic carbocycles. The number of nitrogens with zero attached hydrogens (tertiary/aromatic N) is 1. The van der Waals surface area contributed by atoms with Crippen LogP contribution in [0.1, 0.15) is 11.1 Å². The summed E-state index contributed by atoms with van der Waals surface area (Å²) in [5, 5.41) is 4.75. The van der Waals surface area contributed by atoms with Crippen molar-refractivity contribution in [3.63, 3.8) is 0 Å². The Morgan fingerprint density at radius 2 is 1.88 bits per heavy atom. The van der Waals surface area contributed by atoms with Crippen LogP contribution in [0.5, 0.6) is 0 Å². The van der Waals surface area contributed by atoms with Crippen LogP contribution in [0.15, 0.2) is 23.1 Å². The molecule has 0 aromatic heterocycles. The summed E-state index contributed by atoms with van der Waals surface area (Å²) in [6.45, 7) is 2.76. The molecule has 5 nitrogen and oxygen atoms in total. The summed E-state index contributed by atoms with van der Waals surface area (Å²) in [6, 6.07) is 3.47. The van der Waals surface area contributed by atoms with Gasteiger partial charge < -0.3 is 10.2 Å². The van der Waals surface area contributed by atoms with E-state index in [1.54, 1.807) is 0 Å². The molecule has 0 saturated carbocycles. The first-order valence-electron chi connectivity index (χ1n) is 7.26. The lowest BCUT2D eigenvalue weighted by molar-refractivity contribution is -0.137. The fourth-order valence-corrected chi connectivity index (χ4v) is 3.28. The van der Waals surface area contributed by atoms with Crippen LogP contribution in [-0.4, -0.2) is 37.3 Å². The Morgan fingerprint density at radius 3 is 2.46 bits per heavy atom. The summed E-state index contributed by atoms with van der Waals surface area (Å²) < 4.78 is 39.0. The number of halogens is 3. The van der Waals surface area contributed by atoms with E-state index in [-0.39, 0.29) is 10.5 Å². The van der Waals surface area contributed by atoms with E-state index >= 15 is 0 Å². The number of hydrogen-bond acceptors (Lipinski definition) is 5. The molecular weight excluding hydrogens is 343 g/mol. The molecule has 9 heteroatoms. The number of nitrogens with one attached hydrogen (secondary N) is 2. The van der Waals surface area contributed by atoms with E-state index in [2.05, 4.69) is 10.6 Å². The van der Waals surface area contributed by atoms with Crippen molar-refractivity contribution in [1.29, 1.82) is 0 Å². The van der Waals surface area contributed by atoms with Gasteiger partial charge in [0.15, 0.2) is 0 Å². The monoisotopic (exact) mass is 357 g/mol. The maximum Gasteiger partial charge on any atom is 0.416 e. The van der Waals surface area contributed by atoms with Gasteiger partial charge in [-0.05, 0) is 41.6 Å². The van der Waals surface area contributed by atoms with Crippen molar-refractivity contribution in [3.8, 4) is 0 Å². The Kier molecular flexibility index (Phi) is 4.55. The third-order valence-electron chi connectivity index (χ3n) is 3.74. The minimum atomic E-state index is -4.48. The Morgan fingerprint density at radius 1 is 1.17 bits per heavy atom. The van der Waals surface area contributed by atoms with Gasteiger partial charge in [-0.2, -0.15) is 13.2 Å². The van der Waals surface area contributed by atoms with Gasteiger partial charge in [0.1, 0.15) is 0 Å². The average Bonchev–Trinajstić information content (AvgIpc) is 2.85. The zero-order valence-corrected chi connectivity index (χ0v) is 13.3. The van der Waals surface area contributed by atoms with Crippen LogP contribution >= 0.6 is 11.8 Å². The molecule has 2 fully saturated rings. The number of alkyl halides is 3. The highest BCUT2D eigenvalue weighted by molar-refractivity contribution is 8.18. The highest BCUT2D eigenvalue weighted by Gasteiger charge is 2.32. The van der Waals surface area contributed by atoms with E-state index in [0.29, 0.717) is 30.5 Å². The second-order valence-electron chi connectivity index (χ2n) is 5.36. The topological polar surface area (TPSA) is 61.4 Å². The van der Waals surface area contributed by atoms with Crippen LogP contribution < -0.4 is 15.5 Å². The van der Waals surface area contributed by atoms with Crippen molar-refractivity contribution in [2.45, 2.75) is 6.18 Å². The number of rotatable bonds is 2. The number of thioether (sulfide) groups is 1. The quantitative estimate of drug-likeness (QED) is 0.796. The van der Waals surface area contributed by atoms with Gasteiger partial charge in [-0.15, -0.1) is 0 Å². The minimum Gasteiger partial charge on any atom is -0.369 e. The van der Waals surface area contributed by atoms with E-state index in [1.807, 2.05) is 4.90 Å². The molecule has 0 unspecified atom stereocenters. The zero-order chi connectivity index (χ0) is 17.3. The molecule has 3 rings (SSSR count). The van der Waals surface area contributed by atoms with Crippen molar-refractivity contribution in [1.82, 2.24) is 10.6 Å². The SMILES string of the molecule is O=C1NC(=O)C(=Cc2cc(C(F)(F)F)ccc2N2CCNCC2)S1. The number of benzene rings is 1. The predicted octanol–water partition coefficient (Wildman–Crippen LogP) is 2.44. The van der Waals surface area contributed by atoms with Gasteiger partial charge in [0.2, 0.25) is 0 Å². The number of carbonyl (C=O) groups is 2. The zero-order valence-electron chi connectivity index (χ0n) is 12.4. The molecule has 2 amide bonds. The van der Waals surface area contributed by atoms with Gasteiger partial charge in [-0.25, -0.2) is 0 Å². The third kappa shape index (κ3) is 3.57. The highest BCUT2D eigenvalue weighted by Crippen LogP contribution is 2.35. The maximum atomic E-state index is 13.0. The van der Waals surface area contributed by atoms with Crippen LogP contribution in [0, 0.1) is 0 Å². The molecule has 2 heterocycles. The predicted molar refractivity (Wildman–Crippen MR) is 85.6 cm³/mol. The van der Waals surface area contributed by atoms with Gasteiger partial charge in [0.25, 0.3) is 11.1 Å². The standard InChI is InChI=1S/C15H14F3N3O2S/c16-15(17,18)10-1-2-11(21-5-3-19-4-6-21)9(7-10)8-12-13(22)20-14(23)24-12/h1-2,7-8,19H,3-6H2,(H,20,22,23). The summed E-state index contributed by atoms with van der Waals surface area (Å²) in [4.78, 5) is 25.0. The molecule has 0 radical (unpaired) electrons. The van der Waals surface area contributed by atoms with E-state index < -0.39 is 22.9 Å². The second kappa shape index (κ2) is 6.48. The third-order valence-corrected chi connectivity index (χ3v) is 4.55. The number of imide groups is 1. The smallest absolute Gasteiger partial charge is 0.369 e. The van der Waals surface area contributed by atoms with Gasteiger partial charge in [0.05, 0.1) is 10.5 Å². The minimum absolute atomic E-state index is 0.0932. The highest BCUT2D eigenvalue weighted by atomic mass is 32.2. The second-order valence-corrected chi connectivity index (χ2v) is 6.38. The first-order chi connectivity index (χ1) is 11.3. The lowest BCUT2D eigenvalue weighted by Gasteiger charge is -2.31. The normalized spacial score (nSPS) is 20.6. The summed E-state index contributed by atoms with van der Waals surface area (Å²) in [5.74, 6) is -0.589. The lowest BCUT2D eigenvalue weighted by Crippen LogP contribution is -2.43. The Balaban J connectivity index is 2.04. The van der Waals surface area contributed by atoms with E-state index in [4.69, 9.17) is 0 Å². The summed E-state index contributed by atoms with van der Waals surface area (Å²) >= 11 is 0.687. The van der Waals surface area contributed by atoms with Crippen molar-refractivity contribution in [2.75, 3.05) is 31.1 Å². The summed E-state index contributed by atoms with van der Waals surface area (Å²) in [6.07, 6.45) is -3.13. The van der Waals surface area contributed by atoms with Crippen molar-refractivity contribution >= 4 is 34.7 Å². The van der Waals surface area contributed by atoms with E-state index in [0.717, 1.165) is 25.2 Å². The lowest BCUT2D eigenvalue weighted by atomic mass is 10.1. The van der Waals surface area contributed by atoms with Crippen molar-refractivity contribution in [2.24, 2.45) is 0 Å². The van der Waals surface area contributed by atoms with Gasteiger partial charge in [0, 0.05) is 31.9 Å². The first-order valence-corrected chi connectivity index (χ1v) is 8.08.